The van der Waals surface area contributed by atoms with Crippen LogP contribution in [0.2, 0.25) is 0 Å². The first kappa shape index (κ1) is 18.4. The molecule has 0 spiro atoms. The molecule has 0 bridgehead atoms. The van der Waals surface area contributed by atoms with Crippen molar-refractivity contribution in [2.45, 2.75) is 53.4 Å². The lowest BCUT2D eigenvalue weighted by Crippen LogP contribution is -2.42. The summed E-state index contributed by atoms with van der Waals surface area (Å²) in [6.45, 7) is 12.5. The van der Waals surface area contributed by atoms with E-state index >= 15 is 0 Å². The number of nitrogens with zero attached hydrogens (tertiary/aromatic N) is 2. The van der Waals surface area contributed by atoms with Gasteiger partial charge in [-0.2, -0.15) is 0 Å². The third kappa shape index (κ3) is 5.28. The molecule has 0 saturated heterocycles. The van der Waals surface area contributed by atoms with Crippen LogP contribution in [0.3, 0.4) is 0 Å². The van der Waals surface area contributed by atoms with Gasteiger partial charge in [-0.25, -0.2) is 0 Å². The number of oxime groups is 2. The zero-order chi connectivity index (χ0) is 16.6. The van der Waals surface area contributed by atoms with Crippen molar-refractivity contribution in [3.63, 3.8) is 0 Å². The Labute approximate surface area is 133 Å². The fraction of sp³-hybridized carbons (Fsp3) is 0.706. The van der Waals surface area contributed by atoms with Crippen LogP contribution < -0.4 is 0 Å². The Morgan fingerprint density at radius 1 is 1.36 bits per heavy atom. The van der Waals surface area contributed by atoms with E-state index in [2.05, 4.69) is 37.7 Å². The smallest absolute Gasteiger partial charge is 0.148 e. The lowest BCUT2D eigenvalue weighted by atomic mass is 9.69. The highest BCUT2D eigenvalue weighted by Crippen LogP contribution is 2.35. The molecule has 1 aliphatic carbocycles. The fourth-order valence-electron chi connectivity index (χ4n) is 2.70. The predicted octanol–water partition coefficient (Wildman–Crippen LogP) is 3.74. The van der Waals surface area contributed by atoms with E-state index in [-0.39, 0.29) is 11.2 Å². The summed E-state index contributed by atoms with van der Waals surface area (Å²) in [6.07, 6.45) is 4.49. The first-order chi connectivity index (χ1) is 10.4. The average molecular weight is 308 g/mol. The Bertz CT molecular complexity index is 453. The molecule has 0 aromatic carbocycles. The van der Waals surface area contributed by atoms with Gasteiger partial charge in [-0.1, -0.05) is 50.2 Å². The molecule has 0 heterocycles. The first-order valence-corrected chi connectivity index (χ1v) is 7.96. The highest BCUT2D eigenvalue weighted by Gasteiger charge is 2.41. The SMILES string of the molecule is C=CCON=C(CCC)C1C(=O)CC(C)(C)CC1=NOCC. The van der Waals surface area contributed by atoms with E-state index < -0.39 is 5.92 Å². The number of Topliss-reactive ketones (excluding diaryl/α,β-unsaturated/α-hetero) is 1. The fourth-order valence-corrected chi connectivity index (χ4v) is 2.70. The summed E-state index contributed by atoms with van der Waals surface area (Å²) in [7, 11) is 0. The van der Waals surface area contributed by atoms with E-state index in [4.69, 9.17) is 9.68 Å². The van der Waals surface area contributed by atoms with Gasteiger partial charge in [0.2, 0.25) is 0 Å². The molecule has 1 saturated carbocycles. The highest BCUT2D eigenvalue weighted by atomic mass is 16.6. The van der Waals surface area contributed by atoms with Gasteiger partial charge in [0, 0.05) is 6.42 Å². The van der Waals surface area contributed by atoms with Gasteiger partial charge in [0.05, 0.1) is 11.4 Å². The van der Waals surface area contributed by atoms with E-state index in [0.717, 1.165) is 24.3 Å². The Morgan fingerprint density at radius 3 is 2.68 bits per heavy atom. The molecule has 1 unspecified atom stereocenters. The zero-order valence-corrected chi connectivity index (χ0v) is 14.2. The van der Waals surface area contributed by atoms with Crippen LogP contribution in [0.25, 0.3) is 0 Å². The molecule has 1 aliphatic rings. The highest BCUT2D eigenvalue weighted by molar-refractivity contribution is 6.23. The molecule has 1 fully saturated rings. The van der Waals surface area contributed by atoms with Crippen LogP contribution in [0.4, 0.5) is 0 Å². The van der Waals surface area contributed by atoms with E-state index in [9.17, 15) is 4.79 Å². The summed E-state index contributed by atoms with van der Waals surface area (Å²) in [5.74, 6) is -0.270. The van der Waals surface area contributed by atoms with Gasteiger partial charge >= 0.3 is 0 Å². The van der Waals surface area contributed by atoms with Gasteiger partial charge in [-0.3, -0.25) is 4.79 Å². The van der Waals surface area contributed by atoms with Crippen LogP contribution in [0.5, 0.6) is 0 Å². The molecule has 1 rings (SSSR count). The Hall–Kier alpha value is -1.65. The Balaban J connectivity index is 3.08. The number of rotatable bonds is 8. The van der Waals surface area contributed by atoms with E-state index in [1.165, 1.54) is 0 Å². The van der Waals surface area contributed by atoms with Gasteiger partial charge in [-0.15, -0.1) is 0 Å². The van der Waals surface area contributed by atoms with Gasteiger partial charge in [-0.05, 0) is 25.2 Å². The molecule has 1 atom stereocenters. The van der Waals surface area contributed by atoms with Crippen LogP contribution in [0, 0.1) is 11.3 Å². The topological polar surface area (TPSA) is 60.2 Å². The van der Waals surface area contributed by atoms with Crippen LogP contribution in [0.1, 0.15) is 53.4 Å². The van der Waals surface area contributed by atoms with Crippen molar-refractivity contribution in [2.75, 3.05) is 13.2 Å². The molecule has 0 N–H and O–H groups in total. The number of ketones is 1. The molecular formula is C17H28N2O3. The second-order valence-electron chi connectivity index (χ2n) is 6.33. The standard InChI is InChI=1S/C17H28N2O3/c1-6-9-13(18-22-10-7-2)16-14(19-21-8-3)11-17(4,5)12-15(16)20/h7,16H,2,6,8-12H2,1,3-5H3. The largest absolute Gasteiger partial charge is 0.396 e. The minimum absolute atomic E-state index is 0.0944. The number of hydrogen-bond acceptors (Lipinski definition) is 5. The summed E-state index contributed by atoms with van der Waals surface area (Å²) in [6, 6.07) is 0. The molecule has 124 valence electrons. The Morgan fingerprint density at radius 2 is 2.09 bits per heavy atom. The summed E-state index contributed by atoms with van der Waals surface area (Å²) in [5.41, 5.74) is 1.41. The van der Waals surface area contributed by atoms with E-state index in [1.54, 1.807) is 6.08 Å². The minimum atomic E-state index is -0.413. The van der Waals surface area contributed by atoms with Crippen molar-refractivity contribution in [3.8, 4) is 0 Å². The lowest BCUT2D eigenvalue weighted by molar-refractivity contribution is -0.122. The molecule has 0 amide bonds. The maximum absolute atomic E-state index is 12.6. The maximum Gasteiger partial charge on any atom is 0.148 e. The molecule has 0 aromatic rings. The molecule has 0 aromatic heterocycles. The summed E-state index contributed by atoms with van der Waals surface area (Å²) in [5, 5.41) is 8.37. The molecule has 0 radical (unpaired) electrons. The third-order valence-corrected chi connectivity index (χ3v) is 3.49. The number of hydrogen-bond donors (Lipinski definition) is 0. The van der Waals surface area contributed by atoms with Crippen LogP contribution in [0.15, 0.2) is 23.0 Å². The molecule has 5 nitrogen and oxygen atoms in total. The van der Waals surface area contributed by atoms with Gasteiger partial charge in [0.15, 0.2) is 0 Å². The van der Waals surface area contributed by atoms with Crippen molar-refractivity contribution in [2.24, 2.45) is 21.6 Å². The maximum atomic E-state index is 12.6. The van der Waals surface area contributed by atoms with E-state index in [0.29, 0.717) is 26.1 Å². The van der Waals surface area contributed by atoms with E-state index in [1.807, 2.05) is 6.92 Å². The van der Waals surface area contributed by atoms with Gasteiger partial charge in [0.1, 0.15) is 24.9 Å². The Kier molecular flexibility index (Phi) is 7.28. The van der Waals surface area contributed by atoms with Gasteiger partial charge < -0.3 is 9.68 Å². The quantitative estimate of drug-likeness (QED) is 0.297. The number of carbonyl (C=O) groups is 1. The van der Waals surface area contributed by atoms with Crippen molar-refractivity contribution in [1.82, 2.24) is 0 Å². The summed E-state index contributed by atoms with van der Waals surface area (Å²) < 4.78 is 0. The summed E-state index contributed by atoms with van der Waals surface area (Å²) >= 11 is 0. The van der Waals surface area contributed by atoms with Crippen LogP contribution in [-0.2, 0) is 14.5 Å². The van der Waals surface area contributed by atoms with Crippen LogP contribution in [-0.4, -0.2) is 30.4 Å². The zero-order valence-electron chi connectivity index (χ0n) is 14.2. The monoisotopic (exact) mass is 308 g/mol. The molecular weight excluding hydrogens is 280 g/mol. The molecule has 5 heteroatoms. The molecule has 0 aliphatic heterocycles. The van der Waals surface area contributed by atoms with Crippen molar-refractivity contribution < 1.29 is 14.5 Å². The molecule has 22 heavy (non-hydrogen) atoms. The van der Waals surface area contributed by atoms with Crippen molar-refractivity contribution >= 4 is 17.2 Å². The number of carbonyl (C=O) groups excluding carboxylic acids is 1. The second kappa shape index (κ2) is 8.71. The normalized spacial score (nSPS) is 23.5. The van der Waals surface area contributed by atoms with Crippen molar-refractivity contribution in [3.05, 3.63) is 12.7 Å². The third-order valence-electron chi connectivity index (χ3n) is 3.49. The summed E-state index contributed by atoms with van der Waals surface area (Å²) in [4.78, 5) is 23.1. The van der Waals surface area contributed by atoms with Crippen LogP contribution >= 0.6 is 0 Å². The minimum Gasteiger partial charge on any atom is -0.396 e. The lowest BCUT2D eigenvalue weighted by Gasteiger charge is -2.34. The second-order valence-corrected chi connectivity index (χ2v) is 6.33. The first-order valence-electron chi connectivity index (χ1n) is 7.96. The van der Waals surface area contributed by atoms with Crippen molar-refractivity contribution in [1.29, 1.82) is 0 Å². The van der Waals surface area contributed by atoms with Gasteiger partial charge in [0.25, 0.3) is 0 Å². The predicted molar refractivity (Wildman–Crippen MR) is 89.1 cm³/mol. The average Bonchev–Trinajstić information content (AvgIpc) is 2.43.